The molecule has 2 amide bonds. The Hall–Kier alpha value is -1.63. The molecule has 4 aliphatic rings. The predicted molar refractivity (Wildman–Crippen MR) is 118 cm³/mol. The molecule has 168 valence electrons. The van der Waals surface area contributed by atoms with Crippen molar-refractivity contribution in [2.75, 3.05) is 13.6 Å². The zero-order valence-corrected chi connectivity index (χ0v) is 18.5. The van der Waals surface area contributed by atoms with Gasteiger partial charge in [-0.25, -0.2) is 4.99 Å². The highest BCUT2D eigenvalue weighted by Crippen LogP contribution is 2.41. The smallest absolute Gasteiger partial charge is 0.258 e. The summed E-state index contributed by atoms with van der Waals surface area (Å²) >= 11 is 0. The average Bonchev–Trinajstić information content (AvgIpc) is 3.28. The second kappa shape index (κ2) is 9.25. The number of nitrogens with zero attached hydrogens (tertiary/aromatic N) is 2. The van der Waals surface area contributed by atoms with Crippen molar-refractivity contribution in [1.82, 2.24) is 15.5 Å². The van der Waals surface area contributed by atoms with E-state index in [0.29, 0.717) is 24.3 Å². The molecule has 30 heavy (non-hydrogen) atoms. The lowest BCUT2D eigenvalue weighted by Crippen LogP contribution is -2.62. The van der Waals surface area contributed by atoms with E-state index in [9.17, 15) is 9.59 Å². The molecule has 2 saturated carbocycles. The number of nitrogens with one attached hydrogen (secondary N) is 2. The molecular formula is C23H39N5O2. The maximum Gasteiger partial charge on any atom is 0.258 e. The topological polar surface area (TPSA) is 99.8 Å². The van der Waals surface area contributed by atoms with Crippen LogP contribution in [0.25, 0.3) is 0 Å². The van der Waals surface area contributed by atoms with Crippen LogP contribution in [0, 0.1) is 11.8 Å². The van der Waals surface area contributed by atoms with Crippen LogP contribution < -0.4 is 16.4 Å². The van der Waals surface area contributed by atoms with Crippen molar-refractivity contribution in [2.45, 2.75) is 101 Å². The Morgan fingerprint density at radius 2 is 1.77 bits per heavy atom. The van der Waals surface area contributed by atoms with E-state index in [-0.39, 0.29) is 23.9 Å². The SMILES string of the molecule is CN1C(=O)[C@@](CCC2CCCCC2)(C(N[C@H]2CCNC2=O)C2CCCCC2)N=C1N. The zero-order chi connectivity index (χ0) is 21.1. The highest BCUT2D eigenvalue weighted by Gasteiger charge is 2.55. The molecule has 3 atom stereocenters. The lowest BCUT2D eigenvalue weighted by Gasteiger charge is -2.42. The highest BCUT2D eigenvalue weighted by atomic mass is 16.2. The van der Waals surface area contributed by atoms with Gasteiger partial charge in [-0.15, -0.1) is 0 Å². The minimum Gasteiger partial charge on any atom is -0.369 e. The average molecular weight is 418 g/mol. The van der Waals surface area contributed by atoms with Crippen molar-refractivity contribution in [3.05, 3.63) is 0 Å². The van der Waals surface area contributed by atoms with E-state index in [1.807, 2.05) is 0 Å². The molecule has 1 saturated heterocycles. The van der Waals surface area contributed by atoms with E-state index in [1.165, 1.54) is 56.3 Å². The van der Waals surface area contributed by atoms with Crippen molar-refractivity contribution < 1.29 is 9.59 Å². The van der Waals surface area contributed by atoms with Gasteiger partial charge in [-0.2, -0.15) is 0 Å². The molecular weight excluding hydrogens is 378 g/mol. The second-order valence-electron chi connectivity index (χ2n) is 9.98. The molecule has 1 unspecified atom stereocenters. The lowest BCUT2D eigenvalue weighted by molar-refractivity contribution is -0.133. The monoisotopic (exact) mass is 417 g/mol. The highest BCUT2D eigenvalue weighted by molar-refractivity contribution is 6.07. The summed E-state index contributed by atoms with van der Waals surface area (Å²) in [6.07, 6.45) is 14.7. The number of rotatable bonds is 7. The summed E-state index contributed by atoms with van der Waals surface area (Å²) in [5.74, 6) is 1.41. The van der Waals surface area contributed by atoms with Gasteiger partial charge in [0.05, 0.1) is 6.04 Å². The fourth-order valence-electron chi connectivity index (χ4n) is 6.24. The normalized spacial score (nSPS) is 32.4. The Morgan fingerprint density at radius 1 is 1.10 bits per heavy atom. The lowest BCUT2D eigenvalue weighted by atomic mass is 9.71. The first-order valence-electron chi connectivity index (χ1n) is 12.2. The summed E-state index contributed by atoms with van der Waals surface area (Å²) in [6, 6.07) is -0.371. The third-order valence-corrected chi connectivity index (χ3v) is 8.06. The number of nitrogens with two attached hydrogens (primary N) is 1. The molecule has 0 aromatic heterocycles. The maximum atomic E-state index is 13.6. The summed E-state index contributed by atoms with van der Waals surface area (Å²) in [5, 5.41) is 6.59. The molecule has 0 bridgehead atoms. The van der Waals surface area contributed by atoms with Gasteiger partial charge >= 0.3 is 0 Å². The van der Waals surface area contributed by atoms with Gasteiger partial charge in [-0.05, 0) is 43.9 Å². The van der Waals surface area contributed by atoms with Crippen molar-refractivity contribution >= 4 is 17.8 Å². The Bertz CT molecular complexity index is 669. The number of carbonyl (C=O) groups is 2. The van der Waals surface area contributed by atoms with Crippen LogP contribution in [0.4, 0.5) is 0 Å². The number of amides is 2. The summed E-state index contributed by atoms with van der Waals surface area (Å²) in [4.78, 5) is 32.5. The molecule has 2 heterocycles. The number of guanidine groups is 1. The van der Waals surface area contributed by atoms with Gasteiger partial charge in [0.1, 0.15) is 0 Å². The minimum absolute atomic E-state index is 0.0114. The van der Waals surface area contributed by atoms with Crippen LogP contribution in [0.15, 0.2) is 4.99 Å². The number of aliphatic imine (C=N–C) groups is 1. The van der Waals surface area contributed by atoms with Crippen LogP contribution in [0.1, 0.15) is 83.5 Å². The molecule has 0 radical (unpaired) electrons. The molecule has 4 N–H and O–H groups in total. The van der Waals surface area contributed by atoms with E-state index in [0.717, 1.165) is 32.1 Å². The molecule has 0 spiro atoms. The first-order valence-corrected chi connectivity index (χ1v) is 12.2. The summed E-state index contributed by atoms with van der Waals surface area (Å²) < 4.78 is 0. The van der Waals surface area contributed by atoms with Gasteiger partial charge in [0.15, 0.2) is 11.5 Å². The van der Waals surface area contributed by atoms with Crippen molar-refractivity contribution in [2.24, 2.45) is 22.6 Å². The first kappa shape index (κ1) is 21.6. The molecule has 0 aromatic rings. The van der Waals surface area contributed by atoms with Gasteiger partial charge < -0.3 is 11.1 Å². The Labute approximate surface area is 180 Å². The van der Waals surface area contributed by atoms with E-state index in [2.05, 4.69) is 10.6 Å². The second-order valence-corrected chi connectivity index (χ2v) is 9.98. The third-order valence-electron chi connectivity index (χ3n) is 8.06. The van der Waals surface area contributed by atoms with Gasteiger partial charge in [0.25, 0.3) is 5.91 Å². The largest absolute Gasteiger partial charge is 0.369 e. The van der Waals surface area contributed by atoms with Crippen molar-refractivity contribution in [3.8, 4) is 0 Å². The molecule has 7 heteroatoms. The van der Waals surface area contributed by atoms with Gasteiger partial charge in [0.2, 0.25) is 5.91 Å². The van der Waals surface area contributed by atoms with E-state index < -0.39 is 5.54 Å². The first-order chi connectivity index (χ1) is 14.5. The Kier molecular flexibility index (Phi) is 6.66. The van der Waals surface area contributed by atoms with Gasteiger partial charge in [0, 0.05) is 19.6 Å². The minimum atomic E-state index is -0.874. The van der Waals surface area contributed by atoms with Crippen LogP contribution in [0.5, 0.6) is 0 Å². The van der Waals surface area contributed by atoms with E-state index in [1.54, 1.807) is 7.05 Å². The molecule has 4 rings (SSSR count). The fourth-order valence-corrected chi connectivity index (χ4v) is 6.24. The number of hydrogen-bond donors (Lipinski definition) is 3. The number of carbonyl (C=O) groups excluding carboxylic acids is 2. The summed E-state index contributed by atoms with van der Waals surface area (Å²) in [6.45, 7) is 0.697. The predicted octanol–water partition coefficient (Wildman–Crippen LogP) is 2.30. The van der Waals surface area contributed by atoms with Crippen molar-refractivity contribution in [3.63, 3.8) is 0 Å². The Balaban J connectivity index is 1.63. The fraction of sp³-hybridized carbons (Fsp3) is 0.870. The van der Waals surface area contributed by atoms with Crippen LogP contribution in [-0.4, -0.2) is 53.9 Å². The number of likely N-dealkylation sites (N-methyl/N-ethyl adjacent to an activating group) is 1. The van der Waals surface area contributed by atoms with Crippen LogP contribution in [-0.2, 0) is 9.59 Å². The maximum absolute atomic E-state index is 13.6. The van der Waals surface area contributed by atoms with Crippen LogP contribution in [0.3, 0.4) is 0 Å². The van der Waals surface area contributed by atoms with Crippen LogP contribution >= 0.6 is 0 Å². The van der Waals surface area contributed by atoms with Crippen molar-refractivity contribution in [1.29, 1.82) is 0 Å². The Morgan fingerprint density at radius 3 is 2.33 bits per heavy atom. The quantitative estimate of drug-likeness (QED) is 0.592. The van der Waals surface area contributed by atoms with E-state index >= 15 is 0 Å². The molecule has 3 fully saturated rings. The summed E-state index contributed by atoms with van der Waals surface area (Å²) in [7, 11) is 1.74. The van der Waals surface area contributed by atoms with E-state index in [4.69, 9.17) is 10.7 Å². The zero-order valence-electron chi connectivity index (χ0n) is 18.5. The summed E-state index contributed by atoms with van der Waals surface area (Å²) in [5.41, 5.74) is 5.33. The van der Waals surface area contributed by atoms with Crippen LogP contribution in [0.2, 0.25) is 0 Å². The molecule has 2 aliphatic carbocycles. The van der Waals surface area contributed by atoms with Gasteiger partial charge in [-0.1, -0.05) is 51.4 Å². The molecule has 2 aliphatic heterocycles. The molecule has 0 aromatic carbocycles. The standard InChI is InChI=1S/C23H39N5O2/c1-28-21(30)23(27-22(28)24,14-12-16-8-4-2-5-9-16)19(17-10-6-3-7-11-17)26-18-13-15-25-20(18)29/h16-19,26H,2-15H2,1H3,(H2,24,27)(H,25,29)/t18-,19?,23+/m0/s1. The molecule has 7 nitrogen and oxygen atoms in total. The van der Waals surface area contributed by atoms with Gasteiger partial charge in [-0.3, -0.25) is 19.8 Å². The number of hydrogen-bond acceptors (Lipinski definition) is 5. The third kappa shape index (κ3) is 4.23.